The van der Waals surface area contributed by atoms with Gasteiger partial charge >= 0.3 is 11.9 Å². The molecule has 2 heterocycles. The van der Waals surface area contributed by atoms with Crippen LogP contribution in [0.5, 0.6) is 0 Å². The molecule has 0 unspecified atom stereocenters. The van der Waals surface area contributed by atoms with Gasteiger partial charge in [0.05, 0.1) is 12.2 Å². The average molecular weight is 404 g/mol. The van der Waals surface area contributed by atoms with Crippen molar-refractivity contribution in [3.63, 3.8) is 0 Å². The van der Waals surface area contributed by atoms with Crippen LogP contribution in [0.3, 0.4) is 0 Å². The number of hydrogen-bond donors (Lipinski definition) is 1. The van der Waals surface area contributed by atoms with Crippen molar-refractivity contribution in [3.05, 3.63) is 51.6 Å². The summed E-state index contributed by atoms with van der Waals surface area (Å²) in [5.41, 5.74) is -0.595. The molecule has 10 nitrogen and oxygen atoms in total. The van der Waals surface area contributed by atoms with E-state index in [0.717, 1.165) is 4.57 Å². The normalized spacial score (nSPS) is 10.3. The fourth-order valence-corrected chi connectivity index (χ4v) is 2.54. The molecule has 0 aromatic carbocycles. The van der Waals surface area contributed by atoms with Crippen molar-refractivity contribution < 1.29 is 33.1 Å². The van der Waals surface area contributed by atoms with Crippen LogP contribution in [0.15, 0.2) is 33.6 Å². The zero-order chi connectivity index (χ0) is 21.6. The van der Waals surface area contributed by atoms with E-state index in [2.05, 4.69) is 5.32 Å². The summed E-state index contributed by atoms with van der Waals surface area (Å²) in [5, 5.41) is 2.29. The molecule has 0 atom stereocenters. The average Bonchev–Trinajstić information content (AvgIpc) is 2.98. The number of esters is 2. The number of Topliss-reactive ketones (excluding diaryl/α,β-unsaturated/α-hetero) is 1. The largest absolute Gasteiger partial charge is 0.462 e. The maximum Gasteiger partial charge on any atom is 0.344 e. The van der Waals surface area contributed by atoms with Gasteiger partial charge in [0, 0.05) is 12.3 Å². The van der Waals surface area contributed by atoms with E-state index < -0.39 is 35.8 Å². The number of anilines is 1. The molecule has 1 N–H and O–H groups in total. The van der Waals surface area contributed by atoms with Crippen LogP contribution in [0.25, 0.3) is 0 Å². The molecule has 10 heteroatoms. The number of pyridine rings is 1. The number of hydrogen-bond acceptors (Lipinski definition) is 8. The van der Waals surface area contributed by atoms with Gasteiger partial charge in [-0.1, -0.05) is 6.07 Å². The van der Waals surface area contributed by atoms with E-state index in [1.165, 1.54) is 32.2 Å². The summed E-state index contributed by atoms with van der Waals surface area (Å²) in [6.45, 7) is 3.32. The summed E-state index contributed by atoms with van der Waals surface area (Å²) in [4.78, 5) is 59.5. The number of aromatic nitrogens is 1. The minimum atomic E-state index is -0.828. The molecule has 2 aromatic rings. The van der Waals surface area contributed by atoms with E-state index in [9.17, 15) is 24.0 Å². The lowest BCUT2D eigenvalue weighted by Gasteiger charge is -2.08. The van der Waals surface area contributed by atoms with Crippen molar-refractivity contribution in [1.82, 2.24) is 4.57 Å². The van der Waals surface area contributed by atoms with Gasteiger partial charge in [-0.2, -0.15) is 0 Å². The highest BCUT2D eigenvalue weighted by molar-refractivity contribution is 6.10. The van der Waals surface area contributed by atoms with Crippen molar-refractivity contribution in [1.29, 1.82) is 0 Å². The Hall–Kier alpha value is -3.69. The predicted octanol–water partition coefficient (Wildman–Crippen LogP) is 1.31. The fourth-order valence-electron chi connectivity index (χ4n) is 2.54. The lowest BCUT2D eigenvalue weighted by Crippen LogP contribution is -2.27. The molecular weight excluding hydrogens is 384 g/mol. The van der Waals surface area contributed by atoms with Gasteiger partial charge in [0.25, 0.3) is 11.5 Å². The first kappa shape index (κ1) is 21.6. The number of rotatable bonds is 8. The van der Waals surface area contributed by atoms with Gasteiger partial charge in [0.1, 0.15) is 17.9 Å². The van der Waals surface area contributed by atoms with Gasteiger partial charge in [-0.15, -0.1) is 0 Å². The number of furan rings is 1. The van der Waals surface area contributed by atoms with Crippen LogP contribution in [-0.2, 0) is 25.6 Å². The Bertz CT molecular complexity index is 1000. The molecule has 2 rings (SSSR count). The quantitative estimate of drug-likeness (QED) is 0.514. The monoisotopic (exact) mass is 404 g/mol. The summed E-state index contributed by atoms with van der Waals surface area (Å²) in [6, 6.07) is 4.38. The highest BCUT2D eigenvalue weighted by Crippen LogP contribution is 2.28. The number of carbonyl (C=O) groups excluding carboxylic acids is 4. The standard InChI is InChI=1S/C19H20N2O8/c1-4-27-19(26)17-16(11(2)22)12(3)29-18(17)20-13(23)10-28-15(25)9-21-8-6-5-7-14(21)24/h5-8H,4,9-10H2,1-3H3,(H,20,23). The Kier molecular flexibility index (Phi) is 7.07. The first-order chi connectivity index (χ1) is 13.7. The van der Waals surface area contributed by atoms with Crippen LogP contribution in [0, 0.1) is 6.92 Å². The van der Waals surface area contributed by atoms with Crippen molar-refractivity contribution in [2.75, 3.05) is 18.5 Å². The molecule has 0 aliphatic carbocycles. The van der Waals surface area contributed by atoms with Gasteiger partial charge in [-0.05, 0) is 26.8 Å². The summed E-state index contributed by atoms with van der Waals surface area (Å²) < 4.78 is 16.2. The van der Waals surface area contributed by atoms with Crippen LogP contribution < -0.4 is 10.9 Å². The second kappa shape index (κ2) is 9.49. The molecule has 1 amide bonds. The molecule has 0 spiro atoms. The van der Waals surface area contributed by atoms with E-state index in [1.807, 2.05) is 0 Å². The van der Waals surface area contributed by atoms with E-state index in [-0.39, 0.29) is 35.9 Å². The second-order valence-corrected chi connectivity index (χ2v) is 5.89. The Labute approximate surface area is 165 Å². The van der Waals surface area contributed by atoms with Gasteiger partial charge in [-0.3, -0.25) is 24.5 Å². The fraction of sp³-hybridized carbons (Fsp3) is 0.316. The van der Waals surface area contributed by atoms with Crippen molar-refractivity contribution in [2.24, 2.45) is 0 Å². The maximum absolute atomic E-state index is 12.2. The summed E-state index contributed by atoms with van der Waals surface area (Å²) >= 11 is 0. The number of ether oxygens (including phenoxy) is 2. The van der Waals surface area contributed by atoms with Crippen LogP contribution >= 0.6 is 0 Å². The Morgan fingerprint density at radius 3 is 2.48 bits per heavy atom. The van der Waals surface area contributed by atoms with Crippen LogP contribution in [0.2, 0.25) is 0 Å². The molecule has 0 saturated carbocycles. The summed E-state index contributed by atoms with van der Waals surface area (Å²) in [7, 11) is 0. The molecule has 0 fully saturated rings. The Morgan fingerprint density at radius 1 is 1.14 bits per heavy atom. The maximum atomic E-state index is 12.2. The van der Waals surface area contributed by atoms with Crippen molar-refractivity contribution in [2.45, 2.75) is 27.3 Å². The number of amides is 1. The third-order valence-electron chi connectivity index (χ3n) is 3.73. The van der Waals surface area contributed by atoms with Gasteiger partial charge < -0.3 is 18.5 Å². The van der Waals surface area contributed by atoms with Gasteiger partial charge in [-0.25, -0.2) is 4.79 Å². The van der Waals surface area contributed by atoms with E-state index in [0.29, 0.717) is 0 Å². The highest BCUT2D eigenvalue weighted by atomic mass is 16.5. The molecule has 0 aliphatic heterocycles. The van der Waals surface area contributed by atoms with E-state index >= 15 is 0 Å². The number of nitrogens with zero attached hydrogens (tertiary/aromatic N) is 1. The summed E-state index contributed by atoms with van der Waals surface area (Å²) in [6.07, 6.45) is 1.41. The zero-order valence-corrected chi connectivity index (χ0v) is 16.1. The molecule has 0 saturated heterocycles. The second-order valence-electron chi connectivity index (χ2n) is 5.89. The van der Waals surface area contributed by atoms with E-state index in [4.69, 9.17) is 13.9 Å². The zero-order valence-electron chi connectivity index (χ0n) is 16.1. The number of aryl methyl sites for hydroxylation is 1. The van der Waals surface area contributed by atoms with Gasteiger partial charge in [0.2, 0.25) is 5.88 Å². The van der Waals surface area contributed by atoms with Crippen molar-refractivity contribution >= 4 is 29.5 Å². The molecule has 0 bridgehead atoms. The number of ketones is 1. The Balaban J connectivity index is 2.07. The van der Waals surface area contributed by atoms with Crippen LogP contribution in [0.4, 0.5) is 5.88 Å². The smallest absolute Gasteiger partial charge is 0.344 e. The lowest BCUT2D eigenvalue weighted by molar-refractivity contribution is -0.148. The van der Waals surface area contributed by atoms with Crippen molar-refractivity contribution in [3.8, 4) is 0 Å². The number of nitrogens with one attached hydrogen (secondary N) is 1. The topological polar surface area (TPSA) is 134 Å². The first-order valence-corrected chi connectivity index (χ1v) is 8.67. The minimum Gasteiger partial charge on any atom is -0.462 e. The lowest BCUT2D eigenvalue weighted by atomic mass is 10.1. The van der Waals surface area contributed by atoms with E-state index in [1.54, 1.807) is 13.0 Å². The van der Waals surface area contributed by atoms with Crippen LogP contribution in [-0.4, -0.2) is 41.4 Å². The first-order valence-electron chi connectivity index (χ1n) is 8.67. The predicted molar refractivity (Wildman–Crippen MR) is 99.7 cm³/mol. The molecule has 0 aliphatic rings. The molecule has 2 aromatic heterocycles. The third-order valence-corrected chi connectivity index (χ3v) is 3.73. The molecule has 0 radical (unpaired) electrons. The minimum absolute atomic E-state index is 0.000743. The molecule has 154 valence electrons. The highest BCUT2D eigenvalue weighted by Gasteiger charge is 2.28. The summed E-state index contributed by atoms with van der Waals surface area (Å²) in [5.74, 6) is -3.00. The SMILES string of the molecule is CCOC(=O)c1c(NC(=O)COC(=O)Cn2ccccc2=O)oc(C)c1C(C)=O. The third kappa shape index (κ3) is 5.41. The van der Waals surface area contributed by atoms with Crippen LogP contribution in [0.1, 0.15) is 40.3 Å². The molecule has 29 heavy (non-hydrogen) atoms. The van der Waals surface area contributed by atoms with Gasteiger partial charge in [0.15, 0.2) is 12.4 Å². The number of carbonyl (C=O) groups is 4. The molecular formula is C19H20N2O8. The Morgan fingerprint density at radius 2 is 1.86 bits per heavy atom.